The minimum Gasteiger partial charge on any atom is -0.479 e. The van der Waals surface area contributed by atoms with Crippen molar-refractivity contribution in [3.8, 4) is 0 Å². The lowest BCUT2D eigenvalue weighted by atomic mass is 9.88. The molecular weight excluding hydrogens is 186 g/mol. The highest BCUT2D eigenvalue weighted by Gasteiger charge is 2.44. The van der Waals surface area contributed by atoms with Gasteiger partial charge in [-0.3, -0.25) is 4.79 Å². The number of carboxylic acids is 1. The third-order valence-corrected chi connectivity index (χ3v) is 2.74. The van der Waals surface area contributed by atoms with Crippen molar-refractivity contribution >= 4 is 12.4 Å². The van der Waals surface area contributed by atoms with Gasteiger partial charge >= 0.3 is 5.97 Å². The zero-order valence-corrected chi connectivity index (χ0v) is 8.23. The van der Waals surface area contributed by atoms with Crippen LogP contribution in [-0.2, 0) is 14.3 Å². The van der Waals surface area contributed by atoms with Gasteiger partial charge in [0.05, 0.1) is 0 Å². The normalized spacial score (nSPS) is 20.1. The Labute approximate surface area is 82.6 Å². The van der Waals surface area contributed by atoms with E-state index in [2.05, 4.69) is 0 Å². The molecule has 0 unspecified atom stereocenters. The van der Waals surface area contributed by atoms with Crippen molar-refractivity contribution in [1.29, 1.82) is 0 Å². The Morgan fingerprint density at radius 2 is 2.14 bits per heavy atom. The maximum absolute atomic E-state index is 11.2. The predicted octanol–water partition coefficient (Wildman–Crippen LogP) is 0.0985. The topological polar surface area (TPSA) is 66.8 Å². The molecule has 0 aromatic carbocycles. The van der Waals surface area contributed by atoms with Crippen LogP contribution in [0.5, 0.6) is 0 Å². The molecule has 0 aromatic rings. The number of ether oxygens (including phenoxy) is 1. The van der Waals surface area contributed by atoms with E-state index >= 15 is 0 Å². The smallest absolute Gasteiger partial charge is 0.329 e. The van der Waals surface area contributed by atoms with Gasteiger partial charge in [-0.25, -0.2) is 4.79 Å². The van der Waals surface area contributed by atoms with Gasteiger partial charge in [0.1, 0.15) is 5.54 Å². The summed E-state index contributed by atoms with van der Waals surface area (Å²) in [4.78, 5) is 23.3. The standard InChI is InChI=1S/C9H15NO4/c1-2-10(7-11)9(8(12)13)3-5-14-6-4-9/h7H,2-6H2,1H3,(H,12,13). The summed E-state index contributed by atoms with van der Waals surface area (Å²) >= 11 is 0. The maximum atomic E-state index is 11.2. The van der Waals surface area contributed by atoms with Crippen molar-refractivity contribution in [2.45, 2.75) is 25.3 Å². The number of aliphatic carboxylic acids is 1. The molecule has 0 aliphatic carbocycles. The minimum absolute atomic E-state index is 0.370. The van der Waals surface area contributed by atoms with Gasteiger partial charge in [0.2, 0.25) is 6.41 Å². The molecule has 1 fully saturated rings. The van der Waals surface area contributed by atoms with E-state index in [0.29, 0.717) is 39.0 Å². The quantitative estimate of drug-likeness (QED) is 0.655. The molecule has 1 N–H and O–H groups in total. The zero-order valence-electron chi connectivity index (χ0n) is 8.23. The first-order valence-corrected chi connectivity index (χ1v) is 4.70. The van der Waals surface area contributed by atoms with Crippen molar-refractivity contribution in [3.05, 3.63) is 0 Å². The van der Waals surface area contributed by atoms with Crippen LogP contribution in [0.4, 0.5) is 0 Å². The van der Waals surface area contributed by atoms with E-state index in [9.17, 15) is 9.59 Å². The molecule has 0 aromatic heterocycles. The van der Waals surface area contributed by atoms with E-state index in [1.807, 2.05) is 0 Å². The van der Waals surface area contributed by atoms with Crippen LogP contribution < -0.4 is 0 Å². The molecule has 1 amide bonds. The fraction of sp³-hybridized carbons (Fsp3) is 0.778. The van der Waals surface area contributed by atoms with E-state index in [-0.39, 0.29) is 0 Å². The Kier molecular flexibility index (Phi) is 3.46. The summed E-state index contributed by atoms with van der Waals surface area (Å²) in [5.41, 5.74) is -1.05. The number of carbonyl (C=O) groups excluding carboxylic acids is 1. The van der Waals surface area contributed by atoms with E-state index < -0.39 is 11.5 Å². The average Bonchev–Trinajstić information content (AvgIpc) is 2.21. The van der Waals surface area contributed by atoms with Crippen LogP contribution in [0.3, 0.4) is 0 Å². The Morgan fingerprint density at radius 3 is 2.50 bits per heavy atom. The fourth-order valence-corrected chi connectivity index (χ4v) is 1.81. The van der Waals surface area contributed by atoms with Gasteiger partial charge in [-0.15, -0.1) is 0 Å². The fourth-order valence-electron chi connectivity index (χ4n) is 1.81. The highest BCUT2D eigenvalue weighted by atomic mass is 16.5. The van der Waals surface area contributed by atoms with Gasteiger partial charge in [0.25, 0.3) is 0 Å². The molecule has 1 rings (SSSR count). The maximum Gasteiger partial charge on any atom is 0.329 e. The van der Waals surface area contributed by atoms with Gasteiger partial charge in [0.15, 0.2) is 0 Å². The lowest BCUT2D eigenvalue weighted by Crippen LogP contribution is -2.57. The molecular formula is C9H15NO4. The number of hydrogen-bond acceptors (Lipinski definition) is 3. The van der Waals surface area contributed by atoms with Crippen LogP contribution in [0.2, 0.25) is 0 Å². The molecule has 1 saturated heterocycles. The summed E-state index contributed by atoms with van der Waals surface area (Å²) in [5.74, 6) is -0.935. The molecule has 0 bridgehead atoms. The van der Waals surface area contributed by atoms with Crippen molar-refractivity contribution in [2.75, 3.05) is 19.8 Å². The van der Waals surface area contributed by atoms with E-state index in [0.717, 1.165) is 0 Å². The molecule has 0 radical (unpaired) electrons. The first-order valence-electron chi connectivity index (χ1n) is 4.70. The van der Waals surface area contributed by atoms with Crippen molar-refractivity contribution in [2.24, 2.45) is 0 Å². The third-order valence-electron chi connectivity index (χ3n) is 2.74. The summed E-state index contributed by atoms with van der Waals surface area (Å²) in [7, 11) is 0. The lowest BCUT2D eigenvalue weighted by Gasteiger charge is -2.40. The number of carboxylic acid groups (broad SMARTS) is 1. The van der Waals surface area contributed by atoms with Crippen LogP contribution in [0.15, 0.2) is 0 Å². The lowest BCUT2D eigenvalue weighted by molar-refractivity contribution is -0.161. The van der Waals surface area contributed by atoms with Gasteiger partial charge in [-0.05, 0) is 6.92 Å². The van der Waals surface area contributed by atoms with Gasteiger partial charge in [0, 0.05) is 32.6 Å². The first kappa shape index (κ1) is 11.0. The number of amides is 1. The van der Waals surface area contributed by atoms with Crippen LogP contribution in [0.1, 0.15) is 19.8 Å². The molecule has 5 heteroatoms. The van der Waals surface area contributed by atoms with Crippen LogP contribution in [0.25, 0.3) is 0 Å². The number of carbonyl (C=O) groups is 2. The Hall–Kier alpha value is -1.10. The molecule has 1 aliphatic heterocycles. The van der Waals surface area contributed by atoms with E-state index in [1.54, 1.807) is 6.92 Å². The third kappa shape index (κ3) is 1.72. The van der Waals surface area contributed by atoms with Gasteiger partial charge in [-0.1, -0.05) is 0 Å². The molecule has 5 nitrogen and oxygen atoms in total. The minimum atomic E-state index is -1.05. The Morgan fingerprint density at radius 1 is 1.57 bits per heavy atom. The highest BCUT2D eigenvalue weighted by molar-refractivity contribution is 5.81. The second-order valence-corrected chi connectivity index (χ2v) is 3.34. The second-order valence-electron chi connectivity index (χ2n) is 3.34. The molecule has 0 spiro atoms. The van der Waals surface area contributed by atoms with E-state index in [4.69, 9.17) is 9.84 Å². The second kappa shape index (κ2) is 4.41. The molecule has 1 aliphatic rings. The number of rotatable bonds is 4. The average molecular weight is 201 g/mol. The monoisotopic (exact) mass is 201 g/mol. The molecule has 1 heterocycles. The van der Waals surface area contributed by atoms with Crippen LogP contribution in [-0.4, -0.2) is 47.7 Å². The summed E-state index contributed by atoms with van der Waals surface area (Å²) in [6.07, 6.45) is 1.35. The summed E-state index contributed by atoms with van der Waals surface area (Å²) in [5, 5.41) is 9.17. The first-order chi connectivity index (χ1) is 6.67. The molecule has 14 heavy (non-hydrogen) atoms. The number of likely N-dealkylation sites (N-methyl/N-ethyl adjacent to an activating group) is 1. The highest BCUT2D eigenvalue weighted by Crippen LogP contribution is 2.27. The Balaban J connectivity index is 2.89. The SMILES string of the molecule is CCN(C=O)C1(C(=O)O)CCOCC1. The summed E-state index contributed by atoms with van der Waals surface area (Å²) < 4.78 is 5.11. The largest absolute Gasteiger partial charge is 0.479 e. The van der Waals surface area contributed by atoms with Gasteiger partial charge in [-0.2, -0.15) is 0 Å². The van der Waals surface area contributed by atoms with Crippen molar-refractivity contribution in [3.63, 3.8) is 0 Å². The van der Waals surface area contributed by atoms with Gasteiger partial charge < -0.3 is 14.7 Å². The molecule has 0 saturated carbocycles. The number of nitrogens with zero attached hydrogens (tertiary/aromatic N) is 1. The summed E-state index contributed by atoms with van der Waals surface area (Å²) in [6, 6.07) is 0. The van der Waals surface area contributed by atoms with Crippen molar-refractivity contribution < 1.29 is 19.4 Å². The molecule has 0 atom stereocenters. The van der Waals surface area contributed by atoms with Crippen molar-refractivity contribution in [1.82, 2.24) is 4.90 Å². The summed E-state index contributed by atoms with van der Waals surface area (Å²) in [6.45, 7) is 2.98. The number of hydrogen-bond donors (Lipinski definition) is 1. The predicted molar refractivity (Wildman–Crippen MR) is 48.9 cm³/mol. The van der Waals surface area contributed by atoms with E-state index in [1.165, 1.54) is 4.90 Å². The zero-order chi connectivity index (χ0) is 10.6. The Bertz CT molecular complexity index is 223. The van der Waals surface area contributed by atoms with Crippen LogP contribution >= 0.6 is 0 Å². The van der Waals surface area contributed by atoms with Crippen LogP contribution in [0, 0.1) is 0 Å². The molecule has 80 valence electrons.